The van der Waals surface area contributed by atoms with E-state index in [0.717, 1.165) is 31.2 Å². The molecule has 1 aliphatic rings. The Labute approximate surface area is 86.4 Å². The third-order valence-corrected chi connectivity index (χ3v) is 3.10. The number of nitrogens with one attached hydrogen (secondary N) is 1. The molecule has 0 radical (unpaired) electrons. The molecule has 1 saturated carbocycles. The summed E-state index contributed by atoms with van der Waals surface area (Å²) in [5, 5.41) is 3.00. The zero-order valence-electron chi connectivity index (χ0n) is 9.25. The van der Waals surface area contributed by atoms with Crippen molar-refractivity contribution in [3.05, 3.63) is 0 Å². The van der Waals surface area contributed by atoms with E-state index in [1.54, 1.807) is 0 Å². The monoisotopic (exact) mass is 198 g/mol. The average molecular weight is 198 g/mol. The number of nitrogens with two attached hydrogens (primary N) is 1. The quantitative estimate of drug-likeness (QED) is 0.672. The third-order valence-electron chi connectivity index (χ3n) is 3.10. The Morgan fingerprint density at radius 1 is 1.64 bits per heavy atom. The average Bonchev–Trinajstić information content (AvgIpc) is 2.87. The second-order valence-electron chi connectivity index (χ2n) is 4.55. The van der Waals surface area contributed by atoms with Crippen molar-refractivity contribution < 1.29 is 4.79 Å². The van der Waals surface area contributed by atoms with Crippen LogP contribution in [0.3, 0.4) is 0 Å². The van der Waals surface area contributed by atoms with E-state index in [-0.39, 0.29) is 11.8 Å². The van der Waals surface area contributed by atoms with Gasteiger partial charge in [0, 0.05) is 12.5 Å². The molecular formula is C11H22N2O. The van der Waals surface area contributed by atoms with Crippen LogP contribution in [-0.4, -0.2) is 19.0 Å². The fourth-order valence-corrected chi connectivity index (χ4v) is 1.64. The molecule has 14 heavy (non-hydrogen) atoms. The van der Waals surface area contributed by atoms with E-state index >= 15 is 0 Å². The molecule has 0 aromatic heterocycles. The van der Waals surface area contributed by atoms with Crippen LogP contribution in [0.2, 0.25) is 0 Å². The van der Waals surface area contributed by atoms with Crippen LogP contribution in [0.15, 0.2) is 0 Å². The molecule has 3 unspecified atom stereocenters. The Kier molecular flexibility index (Phi) is 4.39. The van der Waals surface area contributed by atoms with Crippen molar-refractivity contribution in [3.8, 4) is 0 Å². The van der Waals surface area contributed by atoms with Gasteiger partial charge in [-0.2, -0.15) is 0 Å². The van der Waals surface area contributed by atoms with Gasteiger partial charge < -0.3 is 11.1 Å². The number of carbonyl (C=O) groups is 1. The van der Waals surface area contributed by atoms with Crippen molar-refractivity contribution in [2.45, 2.75) is 33.1 Å². The molecule has 0 bridgehead atoms. The van der Waals surface area contributed by atoms with Crippen LogP contribution < -0.4 is 11.1 Å². The van der Waals surface area contributed by atoms with E-state index in [2.05, 4.69) is 12.2 Å². The van der Waals surface area contributed by atoms with E-state index < -0.39 is 0 Å². The summed E-state index contributed by atoms with van der Waals surface area (Å²) in [5.41, 5.74) is 5.40. The van der Waals surface area contributed by atoms with E-state index in [1.165, 1.54) is 6.42 Å². The predicted molar refractivity (Wildman–Crippen MR) is 57.7 cm³/mol. The van der Waals surface area contributed by atoms with Crippen LogP contribution in [0.5, 0.6) is 0 Å². The van der Waals surface area contributed by atoms with Gasteiger partial charge in [0.15, 0.2) is 0 Å². The van der Waals surface area contributed by atoms with Gasteiger partial charge in [-0.05, 0) is 37.6 Å². The molecule has 0 aliphatic heterocycles. The highest BCUT2D eigenvalue weighted by molar-refractivity contribution is 5.78. The first kappa shape index (κ1) is 11.5. The molecule has 1 rings (SSSR count). The summed E-state index contributed by atoms with van der Waals surface area (Å²) < 4.78 is 0. The Hall–Kier alpha value is -0.570. The lowest BCUT2D eigenvalue weighted by molar-refractivity contribution is -0.124. The number of hydrogen-bond donors (Lipinski definition) is 2. The fourth-order valence-electron chi connectivity index (χ4n) is 1.64. The SMILES string of the molecule is CC(CCCN)C(=O)NCC1CC1C. The Morgan fingerprint density at radius 2 is 2.29 bits per heavy atom. The topological polar surface area (TPSA) is 55.1 Å². The minimum absolute atomic E-state index is 0.118. The first-order valence-corrected chi connectivity index (χ1v) is 5.63. The van der Waals surface area contributed by atoms with Crippen molar-refractivity contribution in [2.24, 2.45) is 23.5 Å². The minimum Gasteiger partial charge on any atom is -0.356 e. The van der Waals surface area contributed by atoms with Crippen LogP contribution in [-0.2, 0) is 4.79 Å². The van der Waals surface area contributed by atoms with E-state index in [1.807, 2.05) is 6.92 Å². The Balaban J connectivity index is 2.07. The van der Waals surface area contributed by atoms with Gasteiger partial charge in [-0.3, -0.25) is 4.79 Å². The Morgan fingerprint density at radius 3 is 2.79 bits per heavy atom. The number of amides is 1. The van der Waals surface area contributed by atoms with Gasteiger partial charge in [-0.1, -0.05) is 13.8 Å². The lowest BCUT2D eigenvalue weighted by atomic mass is 10.0. The summed E-state index contributed by atoms with van der Waals surface area (Å²) in [6, 6.07) is 0. The Bertz CT molecular complexity index is 194. The van der Waals surface area contributed by atoms with Crippen LogP contribution in [0.4, 0.5) is 0 Å². The summed E-state index contributed by atoms with van der Waals surface area (Å²) in [4.78, 5) is 11.5. The number of rotatable bonds is 6. The summed E-state index contributed by atoms with van der Waals surface area (Å²) >= 11 is 0. The highest BCUT2D eigenvalue weighted by atomic mass is 16.1. The molecule has 1 amide bonds. The van der Waals surface area contributed by atoms with Crippen molar-refractivity contribution in [1.82, 2.24) is 5.32 Å². The zero-order valence-corrected chi connectivity index (χ0v) is 9.25. The van der Waals surface area contributed by atoms with E-state index in [0.29, 0.717) is 6.54 Å². The fraction of sp³-hybridized carbons (Fsp3) is 0.909. The highest BCUT2D eigenvalue weighted by Crippen LogP contribution is 2.36. The van der Waals surface area contributed by atoms with Crippen LogP contribution in [0.25, 0.3) is 0 Å². The maximum Gasteiger partial charge on any atom is 0.222 e. The smallest absolute Gasteiger partial charge is 0.222 e. The standard InChI is InChI=1S/C11H22N2O/c1-8(4-3-5-12)11(14)13-7-10-6-9(10)2/h8-10H,3-7,12H2,1-2H3,(H,13,14). The highest BCUT2D eigenvalue weighted by Gasteiger charge is 2.32. The lowest BCUT2D eigenvalue weighted by Crippen LogP contribution is -2.31. The van der Waals surface area contributed by atoms with Crippen LogP contribution >= 0.6 is 0 Å². The van der Waals surface area contributed by atoms with Gasteiger partial charge in [0.1, 0.15) is 0 Å². The molecule has 0 spiro atoms. The molecule has 0 aromatic carbocycles. The number of hydrogen-bond acceptors (Lipinski definition) is 2. The molecule has 3 heteroatoms. The molecule has 82 valence electrons. The van der Waals surface area contributed by atoms with Gasteiger partial charge in [0.05, 0.1) is 0 Å². The van der Waals surface area contributed by atoms with Crippen molar-refractivity contribution in [1.29, 1.82) is 0 Å². The van der Waals surface area contributed by atoms with Crippen LogP contribution in [0, 0.1) is 17.8 Å². The van der Waals surface area contributed by atoms with Crippen molar-refractivity contribution >= 4 is 5.91 Å². The molecule has 1 fully saturated rings. The summed E-state index contributed by atoms with van der Waals surface area (Å²) in [6.45, 7) is 5.75. The molecule has 0 heterocycles. The third kappa shape index (κ3) is 3.66. The van der Waals surface area contributed by atoms with Gasteiger partial charge in [-0.15, -0.1) is 0 Å². The summed E-state index contributed by atoms with van der Waals surface area (Å²) in [7, 11) is 0. The lowest BCUT2D eigenvalue weighted by Gasteiger charge is -2.11. The first-order valence-electron chi connectivity index (χ1n) is 5.63. The van der Waals surface area contributed by atoms with Crippen LogP contribution in [0.1, 0.15) is 33.1 Å². The largest absolute Gasteiger partial charge is 0.356 e. The zero-order chi connectivity index (χ0) is 10.6. The van der Waals surface area contributed by atoms with Crippen molar-refractivity contribution in [2.75, 3.05) is 13.1 Å². The molecule has 0 aromatic rings. The molecule has 3 atom stereocenters. The minimum atomic E-state index is 0.118. The van der Waals surface area contributed by atoms with E-state index in [4.69, 9.17) is 5.73 Å². The number of carbonyl (C=O) groups excluding carboxylic acids is 1. The van der Waals surface area contributed by atoms with Gasteiger partial charge in [0.25, 0.3) is 0 Å². The second kappa shape index (κ2) is 5.35. The molecule has 3 N–H and O–H groups in total. The predicted octanol–water partition coefficient (Wildman–Crippen LogP) is 1.13. The first-order chi connectivity index (χ1) is 6.65. The van der Waals surface area contributed by atoms with Gasteiger partial charge >= 0.3 is 0 Å². The molecular weight excluding hydrogens is 176 g/mol. The van der Waals surface area contributed by atoms with Crippen molar-refractivity contribution in [3.63, 3.8) is 0 Å². The van der Waals surface area contributed by atoms with Gasteiger partial charge in [0.2, 0.25) is 5.91 Å². The maximum atomic E-state index is 11.5. The second-order valence-corrected chi connectivity index (χ2v) is 4.55. The molecule has 3 nitrogen and oxygen atoms in total. The normalized spacial score (nSPS) is 27.1. The van der Waals surface area contributed by atoms with Gasteiger partial charge in [-0.25, -0.2) is 0 Å². The molecule has 1 aliphatic carbocycles. The summed E-state index contributed by atoms with van der Waals surface area (Å²) in [5.74, 6) is 1.86. The maximum absolute atomic E-state index is 11.5. The van der Waals surface area contributed by atoms with E-state index in [9.17, 15) is 4.79 Å². The summed E-state index contributed by atoms with van der Waals surface area (Å²) in [6.07, 6.45) is 3.12. The molecule has 0 saturated heterocycles.